The molecule has 0 aromatic rings. The third kappa shape index (κ3) is 10.0. The Morgan fingerprint density at radius 1 is 1.42 bits per heavy atom. The minimum absolute atomic E-state index is 0.158. The first-order valence-electron chi connectivity index (χ1n) is 7.07. The Morgan fingerprint density at radius 3 is 2.63 bits per heavy atom. The third-order valence-electron chi connectivity index (χ3n) is 3.26. The van der Waals surface area contributed by atoms with Crippen LogP contribution in [0.4, 0.5) is 0 Å². The summed E-state index contributed by atoms with van der Waals surface area (Å²) in [5, 5.41) is 2.97. The predicted molar refractivity (Wildman–Crippen MR) is 86.4 cm³/mol. The van der Waals surface area contributed by atoms with Gasteiger partial charge in [-0.1, -0.05) is 26.8 Å². The summed E-state index contributed by atoms with van der Waals surface area (Å²) in [6, 6.07) is 0. The quantitative estimate of drug-likeness (QED) is 0.479. The summed E-state index contributed by atoms with van der Waals surface area (Å²) >= 11 is 1.78. The van der Waals surface area contributed by atoms with Crippen molar-refractivity contribution in [2.24, 2.45) is 17.1 Å². The van der Waals surface area contributed by atoms with Crippen LogP contribution in [0.3, 0.4) is 0 Å². The van der Waals surface area contributed by atoms with Crippen LogP contribution in [0.1, 0.15) is 40.0 Å². The van der Waals surface area contributed by atoms with Gasteiger partial charge in [-0.25, -0.2) is 0 Å². The van der Waals surface area contributed by atoms with Crippen molar-refractivity contribution in [3.05, 3.63) is 12.7 Å². The molecular formula is C15H30N2OS. The van der Waals surface area contributed by atoms with Gasteiger partial charge in [-0.3, -0.25) is 4.79 Å². The van der Waals surface area contributed by atoms with Crippen molar-refractivity contribution in [2.45, 2.75) is 40.0 Å². The van der Waals surface area contributed by atoms with Gasteiger partial charge in [0, 0.05) is 24.5 Å². The molecule has 3 N–H and O–H groups in total. The number of nitrogens with two attached hydrogens (primary N) is 1. The summed E-state index contributed by atoms with van der Waals surface area (Å²) in [6.45, 7) is 11.8. The molecule has 3 nitrogen and oxygen atoms in total. The van der Waals surface area contributed by atoms with E-state index >= 15 is 0 Å². The van der Waals surface area contributed by atoms with Crippen LogP contribution in [0.5, 0.6) is 0 Å². The summed E-state index contributed by atoms with van der Waals surface area (Å²) in [7, 11) is 0. The Labute approximate surface area is 122 Å². The molecule has 0 bridgehead atoms. The highest BCUT2D eigenvalue weighted by Gasteiger charge is 2.24. The van der Waals surface area contributed by atoms with Gasteiger partial charge in [-0.15, -0.1) is 6.58 Å². The normalized spacial score (nSPS) is 13.1. The second-order valence-corrected chi connectivity index (χ2v) is 7.04. The van der Waals surface area contributed by atoms with Gasteiger partial charge in [0.15, 0.2) is 0 Å². The van der Waals surface area contributed by atoms with Crippen molar-refractivity contribution in [3.8, 4) is 0 Å². The number of thioether (sulfide) groups is 1. The van der Waals surface area contributed by atoms with Crippen molar-refractivity contribution in [3.63, 3.8) is 0 Å². The monoisotopic (exact) mass is 286 g/mol. The Bertz CT molecular complexity index is 261. The van der Waals surface area contributed by atoms with Gasteiger partial charge in [0.1, 0.15) is 0 Å². The van der Waals surface area contributed by atoms with E-state index in [9.17, 15) is 4.79 Å². The third-order valence-corrected chi connectivity index (χ3v) is 4.23. The van der Waals surface area contributed by atoms with Crippen LogP contribution in [0.15, 0.2) is 12.7 Å². The molecule has 112 valence electrons. The summed E-state index contributed by atoms with van der Waals surface area (Å²) < 4.78 is 0. The molecule has 0 fully saturated rings. The van der Waals surface area contributed by atoms with Crippen molar-refractivity contribution in [1.29, 1.82) is 0 Å². The van der Waals surface area contributed by atoms with Crippen LogP contribution >= 0.6 is 11.8 Å². The molecule has 0 spiro atoms. The molecule has 0 aromatic heterocycles. The highest BCUT2D eigenvalue weighted by molar-refractivity contribution is 7.99. The van der Waals surface area contributed by atoms with Crippen LogP contribution in [-0.2, 0) is 4.79 Å². The lowest BCUT2D eigenvalue weighted by molar-refractivity contribution is -0.121. The maximum Gasteiger partial charge on any atom is 0.220 e. The number of hydrogen-bond acceptors (Lipinski definition) is 3. The highest BCUT2D eigenvalue weighted by atomic mass is 32.2. The van der Waals surface area contributed by atoms with Crippen LogP contribution < -0.4 is 11.1 Å². The van der Waals surface area contributed by atoms with Crippen molar-refractivity contribution in [1.82, 2.24) is 5.32 Å². The number of carbonyl (C=O) groups excluding carboxylic acids is 1. The Hall–Kier alpha value is -0.480. The molecule has 0 aliphatic carbocycles. The maximum atomic E-state index is 11.7. The van der Waals surface area contributed by atoms with E-state index in [1.807, 2.05) is 6.08 Å². The Kier molecular flexibility index (Phi) is 10.1. The van der Waals surface area contributed by atoms with E-state index in [0.717, 1.165) is 30.9 Å². The number of nitrogens with one attached hydrogen (secondary N) is 1. The minimum atomic E-state index is 0.158. The summed E-state index contributed by atoms with van der Waals surface area (Å²) in [5.41, 5.74) is 5.87. The lowest BCUT2D eigenvalue weighted by Crippen LogP contribution is -2.29. The van der Waals surface area contributed by atoms with Gasteiger partial charge in [0.05, 0.1) is 0 Å². The average Bonchev–Trinajstić information content (AvgIpc) is 2.32. The lowest BCUT2D eigenvalue weighted by Gasteiger charge is -2.30. The minimum Gasteiger partial charge on any atom is -0.355 e. The zero-order valence-corrected chi connectivity index (χ0v) is 13.5. The summed E-state index contributed by atoms with van der Waals surface area (Å²) in [4.78, 5) is 11.7. The van der Waals surface area contributed by atoms with Gasteiger partial charge in [-0.05, 0) is 30.7 Å². The number of hydrogen-bond donors (Lipinski definition) is 2. The second-order valence-electron chi connectivity index (χ2n) is 5.89. The summed E-state index contributed by atoms with van der Waals surface area (Å²) in [5.74, 6) is 2.56. The number of amides is 1. The molecule has 0 saturated carbocycles. The SMILES string of the molecule is C=CCSCCNC(=O)CCC(CCN)C(C)(C)C. The first kappa shape index (κ1) is 18.5. The molecule has 4 heteroatoms. The van der Waals surface area contributed by atoms with Gasteiger partial charge in [-0.2, -0.15) is 11.8 Å². The standard InChI is InChI=1S/C15H30N2OS/c1-5-11-19-12-10-17-14(18)7-6-13(8-9-16)15(2,3)4/h5,13H,1,6-12,16H2,2-4H3,(H,17,18). The van der Waals surface area contributed by atoms with Gasteiger partial charge >= 0.3 is 0 Å². The number of rotatable bonds is 10. The lowest BCUT2D eigenvalue weighted by atomic mass is 9.76. The van der Waals surface area contributed by atoms with E-state index in [1.54, 1.807) is 11.8 Å². The van der Waals surface area contributed by atoms with Gasteiger partial charge < -0.3 is 11.1 Å². The van der Waals surface area contributed by atoms with E-state index in [1.165, 1.54) is 0 Å². The second kappa shape index (κ2) is 10.3. The Balaban J connectivity index is 3.83. The van der Waals surface area contributed by atoms with E-state index < -0.39 is 0 Å². The number of carbonyl (C=O) groups is 1. The maximum absolute atomic E-state index is 11.7. The van der Waals surface area contributed by atoms with Crippen molar-refractivity contribution >= 4 is 17.7 Å². The fraction of sp³-hybridized carbons (Fsp3) is 0.800. The fourth-order valence-corrected chi connectivity index (χ4v) is 2.61. The molecule has 1 atom stereocenters. The summed E-state index contributed by atoms with van der Waals surface area (Å²) in [6.07, 6.45) is 4.40. The van der Waals surface area contributed by atoms with E-state index in [2.05, 4.69) is 32.7 Å². The molecule has 0 aliphatic rings. The van der Waals surface area contributed by atoms with Crippen LogP contribution in [-0.4, -0.2) is 30.5 Å². The zero-order chi connectivity index (χ0) is 14.7. The molecule has 0 radical (unpaired) electrons. The van der Waals surface area contributed by atoms with Crippen LogP contribution in [0.25, 0.3) is 0 Å². The smallest absolute Gasteiger partial charge is 0.220 e. The largest absolute Gasteiger partial charge is 0.355 e. The zero-order valence-electron chi connectivity index (χ0n) is 12.7. The van der Waals surface area contributed by atoms with Crippen LogP contribution in [0.2, 0.25) is 0 Å². The van der Waals surface area contributed by atoms with Gasteiger partial charge in [0.25, 0.3) is 0 Å². The fourth-order valence-electron chi connectivity index (χ4n) is 2.03. The Morgan fingerprint density at radius 2 is 2.11 bits per heavy atom. The van der Waals surface area contributed by atoms with Crippen molar-refractivity contribution < 1.29 is 4.79 Å². The van der Waals surface area contributed by atoms with Crippen LogP contribution in [0, 0.1) is 11.3 Å². The van der Waals surface area contributed by atoms with E-state index in [4.69, 9.17) is 5.73 Å². The molecule has 0 heterocycles. The first-order valence-corrected chi connectivity index (χ1v) is 8.22. The molecule has 0 aromatic carbocycles. The highest BCUT2D eigenvalue weighted by Crippen LogP contribution is 2.31. The molecule has 0 aliphatic heterocycles. The van der Waals surface area contributed by atoms with E-state index in [-0.39, 0.29) is 11.3 Å². The molecule has 0 rings (SSSR count). The average molecular weight is 286 g/mol. The molecule has 1 unspecified atom stereocenters. The first-order chi connectivity index (χ1) is 8.91. The molecular weight excluding hydrogens is 256 g/mol. The molecule has 0 saturated heterocycles. The molecule has 1 amide bonds. The predicted octanol–water partition coefficient (Wildman–Crippen LogP) is 2.81. The van der Waals surface area contributed by atoms with E-state index in [0.29, 0.717) is 18.9 Å². The molecule has 19 heavy (non-hydrogen) atoms. The topological polar surface area (TPSA) is 55.1 Å². The van der Waals surface area contributed by atoms with Gasteiger partial charge in [0.2, 0.25) is 5.91 Å². The van der Waals surface area contributed by atoms with Crippen molar-refractivity contribution in [2.75, 3.05) is 24.6 Å².